The topological polar surface area (TPSA) is 17.1 Å². The Labute approximate surface area is 74.9 Å². The van der Waals surface area contributed by atoms with Crippen LogP contribution in [-0.4, -0.2) is 6.29 Å². The van der Waals surface area contributed by atoms with Crippen molar-refractivity contribution in [3.63, 3.8) is 0 Å². The molecule has 1 nitrogen and oxygen atoms in total. The van der Waals surface area contributed by atoms with E-state index in [4.69, 9.17) is 23.2 Å². The molecule has 1 aromatic carbocycles. The van der Waals surface area contributed by atoms with E-state index in [1.54, 1.807) is 12.1 Å². The van der Waals surface area contributed by atoms with Crippen molar-refractivity contribution in [1.29, 1.82) is 0 Å². The minimum absolute atomic E-state index is 0.399. The first-order valence-electron chi connectivity index (χ1n) is 3.06. The number of aryl methyl sites for hydroxylation is 1. The second-order valence-electron chi connectivity index (χ2n) is 2.24. The molecular weight excluding hydrogens is 183 g/mol. The fraction of sp³-hybridized carbons (Fsp3) is 0.125. The van der Waals surface area contributed by atoms with Gasteiger partial charge in [0.2, 0.25) is 0 Å². The molecule has 0 atom stereocenters. The summed E-state index contributed by atoms with van der Waals surface area (Å²) in [5.41, 5.74) is 1.34. The van der Waals surface area contributed by atoms with Gasteiger partial charge in [0.05, 0.1) is 5.02 Å². The lowest BCUT2D eigenvalue weighted by molar-refractivity contribution is 0.112. The van der Waals surface area contributed by atoms with Crippen LogP contribution in [0.1, 0.15) is 15.9 Å². The zero-order chi connectivity index (χ0) is 8.43. The molecule has 0 saturated carbocycles. The minimum Gasteiger partial charge on any atom is -0.298 e. The number of hydrogen-bond donors (Lipinski definition) is 0. The Morgan fingerprint density at radius 3 is 2.45 bits per heavy atom. The third-order valence-corrected chi connectivity index (χ3v) is 2.14. The lowest BCUT2D eigenvalue weighted by Crippen LogP contribution is -1.84. The lowest BCUT2D eigenvalue weighted by atomic mass is 10.1. The molecule has 0 unspecified atom stereocenters. The first-order valence-corrected chi connectivity index (χ1v) is 3.81. The molecule has 0 N–H and O–H groups in total. The molecule has 0 aromatic heterocycles. The molecule has 0 aliphatic heterocycles. The van der Waals surface area contributed by atoms with Gasteiger partial charge in [-0.1, -0.05) is 23.2 Å². The molecule has 11 heavy (non-hydrogen) atoms. The van der Waals surface area contributed by atoms with Gasteiger partial charge in [0.15, 0.2) is 6.29 Å². The van der Waals surface area contributed by atoms with E-state index in [2.05, 4.69) is 0 Å². The first-order chi connectivity index (χ1) is 5.15. The number of benzene rings is 1. The summed E-state index contributed by atoms with van der Waals surface area (Å²) in [6, 6.07) is 3.24. The molecule has 0 aliphatic carbocycles. The average Bonchev–Trinajstić information content (AvgIpc) is 1.97. The second kappa shape index (κ2) is 3.24. The summed E-state index contributed by atoms with van der Waals surface area (Å²) in [5.74, 6) is 0. The smallest absolute Gasteiger partial charge is 0.151 e. The highest BCUT2D eigenvalue weighted by molar-refractivity contribution is 6.36. The molecule has 0 amide bonds. The Balaban J connectivity index is 3.31. The second-order valence-corrected chi connectivity index (χ2v) is 3.06. The summed E-state index contributed by atoms with van der Waals surface area (Å²) in [7, 11) is 0. The van der Waals surface area contributed by atoms with E-state index in [0.717, 1.165) is 5.56 Å². The van der Waals surface area contributed by atoms with E-state index in [0.29, 0.717) is 21.9 Å². The van der Waals surface area contributed by atoms with Gasteiger partial charge in [0.25, 0.3) is 0 Å². The van der Waals surface area contributed by atoms with Gasteiger partial charge in [0, 0.05) is 10.6 Å². The maximum atomic E-state index is 10.4. The average molecular weight is 189 g/mol. The number of carbonyl (C=O) groups excluding carboxylic acids is 1. The van der Waals surface area contributed by atoms with Crippen molar-refractivity contribution in [3.8, 4) is 0 Å². The number of hydrogen-bond acceptors (Lipinski definition) is 1. The lowest BCUT2D eigenvalue weighted by Gasteiger charge is -1.99. The highest BCUT2D eigenvalue weighted by Crippen LogP contribution is 2.23. The highest BCUT2D eigenvalue weighted by Gasteiger charge is 2.02. The van der Waals surface area contributed by atoms with Crippen molar-refractivity contribution in [3.05, 3.63) is 33.3 Å². The molecule has 1 rings (SSSR count). The molecule has 1 aromatic rings. The molecule has 0 saturated heterocycles. The standard InChI is InChI=1S/C8H6Cl2O/c1-5-2-6(4-11)8(10)3-7(5)9/h2-4H,1H3. The molecule has 0 heterocycles. The van der Waals surface area contributed by atoms with Crippen molar-refractivity contribution in [2.45, 2.75) is 6.92 Å². The van der Waals surface area contributed by atoms with Crippen LogP contribution in [0, 0.1) is 6.92 Å². The predicted octanol–water partition coefficient (Wildman–Crippen LogP) is 3.11. The Morgan fingerprint density at radius 1 is 1.27 bits per heavy atom. The number of rotatable bonds is 1. The predicted molar refractivity (Wildman–Crippen MR) is 46.6 cm³/mol. The fourth-order valence-corrected chi connectivity index (χ4v) is 1.20. The molecule has 0 aliphatic rings. The van der Waals surface area contributed by atoms with E-state index in [1.165, 1.54) is 0 Å². The summed E-state index contributed by atoms with van der Waals surface area (Å²) in [6.45, 7) is 1.83. The molecule has 0 spiro atoms. The largest absolute Gasteiger partial charge is 0.298 e. The Kier molecular flexibility index (Phi) is 2.53. The van der Waals surface area contributed by atoms with Crippen LogP contribution in [0.4, 0.5) is 0 Å². The van der Waals surface area contributed by atoms with Crippen LogP contribution in [0.15, 0.2) is 12.1 Å². The maximum Gasteiger partial charge on any atom is 0.151 e. The summed E-state index contributed by atoms with van der Waals surface area (Å²) >= 11 is 11.4. The van der Waals surface area contributed by atoms with Crippen LogP contribution < -0.4 is 0 Å². The van der Waals surface area contributed by atoms with Gasteiger partial charge in [-0.05, 0) is 24.6 Å². The molecule has 0 fully saturated rings. The number of aldehydes is 1. The van der Waals surface area contributed by atoms with Gasteiger partial charge in [0.1, 0.15) is 0 Å². The third-order valence-electron chi connectivity index (χ3n) is 1.40. The first kappa shape index (κ1) is 8.57. The quantitative estimate of drug-likeness (QED) is 0.620. The maximum absolute atomic E-state index is 10.4. The minimum atomic E-state index is 0.399. The fourth-order valence-electron chi connectivity index (χ4n) is 0.770. The summed E-state index contributed by atoms with van der Waals surface area (Å²) < 4.78 is 0. The monoisotopic (exact) mass is 188 g/mol. The van der Waals surface area contributed by atoms with Gasteiger partial charge >= 0.3 is 0 Å². The van der Waals surface area contributed by atoms with Crippen molar-refractivity contribution < 1.29 is 4.79 Å². The van der Waals surface area contributed by atoms with Crippen molar-refractivity contribution >= 4 is 29.5 Å². The molecular formula is C8H6Cl2O. The van der Waals surface area contributed by atoms with E-state index in [1.807, 2.05) is 6.92 Å². The SMILES string of the molecule is Cc1cc(C=O)c(Cl)cc1Cl. The highest BCUT2D eigenvalue weighted by atomic mass is 35.5. The van der Waals surface area contributed by atoms with Crippen LogP contribution in [0.5, 0.6) is 0 Å². The van der Waals surface area contributed by atoms with E-state index in [9.17, 15) is 4.79 Å². The normalized spacial score (nSPS) is 9.73. The van der Waals surface area contributed by atoms with Gasteiger partial charge in [-0.25, -0.2) is 0 Å². The van der Waals surface area contributed by atoms with Crippen molar-refractivity contribution in [1.82, 2.24) is 0 Å². The van der Waals surface area contributed by atoms with Crippen LogP contribution in [0.3, 0.4) is 0 Å². The van der Waals surface area contributed by atoms with Crippen LogP contribution in [-0.2, 0) is 0 Å². The van der Waals surface area contributed by atoms with Crippen LogP contribution in [0.2, 0.25) is 10.0 Å². The van der Waals surface area contributed by atoms with Crippen molar-refractivity contribution in [2.24, 2.45) is 0 Å². The Morgan fingerprint density at radius 2 is 1.91 bits per heavy atom. The van der Waals surface area contributed by atoms with Gasteiger partial charge in [-0.2, -0.15) is 0 Å². The van der Waals surface area contributed by atoms with Gasteiger partial charge in [-0.3, -0.25) is 4.79 Å². The van der Waals surface area contributed by atoms with Crippen LogP contribution >= 0.6 is 23.2 Å². The van der Waals surface area contributed by atoms with Crippen molar-refractivity contribution in [2.75, 3.05) is 0 Å². The summed E-state index contributed by atoms with van der Waals surface area (Å²) in [6.07, 6.45) is 0.714. The van der Waals surface area contributed by atoms with Gasteiger partial charge in [-0.15, -0.1) is 0 Å². The van der Waals surface area contributed by atoms with E-state index < -0.39 is 0 Å². The molecule has 3 heteroatoms. The molecule has 0 bridgehead atoms. The number of carbonyl (C=O) groups is 1. The summed E-state index contributed by atoms with van der Waals surface area (Å²) in [5, 5.41) is 0.983. The van der Waals surface area contributed by atoms with Crippen LogP contribution in [0.25, 0.3) is 0 Å². The van der Waals surface area contributed by atoms with Gasteiger partial charge < -0.3 is 0 Å². The van der Waals surface area contributed by atoms with E-state index in [-0.39, 0.29) is 0 Å². The third kappa shape index (κ3) is 1.73. The molecule has 0 radical (unpaired) electrons. The number of halogens is 2. The Bertz CT molecular complexity index is 294. The van der Waals surface area contributed by atoms with E-state index >= 15 is 0 Å². The summed E-state index contributed by atoms with van der Waals surface area (Å²) in [4.78, 5) is 10.4. The molecule has 58 valence electrons. The zero-order valence-electron chi connectivity index (χ0n) is 5.90. The Hall–Kier alpha value is -0.530. The zero-order valence-corrected chi connectivity index (χ0v) is 7.41.